The van der Waals surface area contributed by atoms with Crippen LogP contribution in [-0.2, 0) is 11.8 Å². The van der Waals surface area contributed by atoms with Crippen LogP contribution in [0.4, 0.5) is 0 Å². The van der Waals surface area contributed by atoms with E-state index in [1.165, 1.54) is 4.70 Å². The molecule has 0 saturated carbocycles. The highest BCUT2D eigenvalue weighted by Crippen LogP contribution is 2.29. The number of fused-ring (bicyclic) bond motifs is 1. The van der Waals surface area contributed by atoms with E-state index >= 15 is 0 Å². The van der Waals surface area contributed by atoms with Crippen molar-refractivity contribution in [2.75, 3.05) is 26.2 Å². The van der Waals surface area contributed by atoms with Crippen molar-refractivity contribution >= 4 is 33.5 Å². The highest BCUT2D eigenvalue weighted by atomic mass is 32.1. The van der Waals surface area contributed by atoms with Gasteiger partial charge in [-0.2, -0.15) is 5.10 Å². The standard InChI is InChI=1S/C20H23N5OS/c1-15(20-22-17-5-3-4-6-18(17)27-20)24-9-11-25(12-10-24)19(26)8-7-16-13-21-23(2)14-16/h3-8,13-15H,9-12H2,1-2H3. The van der Waals surface area contributed by atoms with Crippen molar-refractivity contribution in [3.05, 3.63) is 53.3 Å². The number of rotatable bonds is 4. The molecule has 1 aromatic carbocycles. The summed E-state index contributed by atoms with van der Waals surface area (Å²) >= 11 is 1.76. The number of benzene rings is 1. The maximum Gasteiger partial charge on any atom is 0.246 e. The van der Waals surface area contributed by atoms with Gasteiger partial charge >= 0.3 is 0 Å². The molecule has 0 spiro atoms. The van der Waals surface area contributed by atoms with Gasteiger partial charge in [0.15, 0.2) is 0 Å². The predicted octanol–water partition coefficient (Wildman–Crippen LogP) is 2.95. The number of hydrogen-bond donors (Lipinski definition) is 0. The zero-order chi connectivity index (χ0) is 18.8. The smallest absolute Gasteiger partial charge is 0.246 e. The summed E-state index contributed by atoms with van der Waals surface area (Å²) in [6, 6.07) is 8.53. The van der Waals surface area contributed by atoms with E-state index < -0.39 is 0 Å². The van der Waals surface area contributed by atoms with Gasteiger partial charge in [-0.15, -0.1) is 11.3 Å². The zero-order valence-electron chi connectivity index (χ0n) is 15.6. The van der Waals surface area contributed by atoms with Crippen LogP contribution in [0.5, 0.6) is 0 Å². The van der Waals surface area contributed by atoms with Crippen molar-refractivity contribution in [1.29, 1.82) is 0 Å². The van der Waals surface area contributed by atoms with Crippen LogP contribution in [0, 0.1) is 0 Å². The molecule has 1 unspecified atom stereocenters. The average Bonchev–Trinajstić information content (AvgIpc) is 3.31. The van der Waals surface area contributed by atoms with E-state index in [-0.39, 0.29) is 11.9 Å². The minimum Gasteiger partial charge on any atom is -0.337 e. The molecule has 4 rings (SSSR count). The van der Waals surface area contributed by atoms with Crippen LogP contribution in [-0.4, -0.2) is 56.7 Å². The highest BCUT2D eigenvalue weighted by Gasteiger charge is 2.25. The molecule has 0 aliphatic carbocycles. The monoisotopic (exact) mass is 381 g/mol. The lowest BCUT2D eigenvalue weighted by Crippen LogP contribution is -2.48. The summed E-state index contributed by atoms with van der Waals surface area (Å²) in [7, 11) is 1.87. The van der Waals surface area contributed by atoms with Crippen LogP contribution in [0.2, 0.25) is 0 Å². The average molecular weight is 382 g/mol. The summed E-state index contributed by atoms with van der Waals surface area (Å²) in [5, 5.41) is 5.26. The van der Waals surface area contributed by atoms with E-state index in [2.05, 4.69) is 35.1 Å². The van der Waals surface area contributed by atoms with E-state index in [0.29, 0.717) is 0 Å². The first-order chi connectivity index (χ1) is 13.1. The van der Waals surface area contributed by atoms with Gasteiger partial charge < -0.3 is 4.90 Å². The van der Waals surface area contributed by atoms with Gasteiger partial charge in [0.1, 0.15) is 5.01 Å². The second kappa shape index (κ2) is 7.62. The number of aryl methyl sites for hydroxylation is 1. The second-order valence-electron chi connectivity index (χ2n) is 6.84. The maximum atomic E-state index is 12.4. The third-order valence-electron chi connectivity index (χ3n) is 4.98. The van der Waals surface area contributed by atoms with Gasteiger partial charge in [0.25, 0.3) is 0 Å². The largest absolute Gasteiger partial charge is 0.337 e. The Labute approximate surface area is 162 Å². The predicted molar refractivity (Wildman–Crippen MR) is 108 cm³/mol. The number of carbonyl (C=O) groups is 1. The Morgan fingerprint density at radius 3 is 2.70 bits per heavy atom. The van der Waals surface area contributed by atoms with E-state index in [9.17, 15) is 4.79 Å². The zero-order valence-corrected chi connectivity index (χ0v) is 16.4. The Morgan fingerprint density at radius 1 is 1.22 bits per heavy atom. The fourth-order valence-electron chi connectivity index (χ4n) is 3.35. The molecular weight excluding hydrogens is 358 g/mol. The topological polar surface area (TPSA) is 54.3 Å². The lowest BCUT2D eigenvalue weighted by Gasteiger charge is -2.37. The Balaban J connectivity index is 1.35. The molecule has 27 heavy (non-hydrogen) atoms. The molecule has 1 aliphatic rings. The molecule has 2 aromatic heterocycles. The quantitative estimate of drug-likeness (QED) is 0.652. The Bertz CT molecular complexity index is 935. The highest BCUT2D eigenvalue weighted by molar-refractivity contribution is 7.18. The summed E-state index contributed by atoms with van der Waals surface area (Å²) < 4.78 is 2.96. The van der Waals surface area contributed by atoms with Crippen molar-refractivity contribution in [1.82, 2.24) is 24.6 Å². The van der Waals surface area contributed by atoms with Gasteiger partial charge in [-0.25, -0.2) is 4.98 Å². The lowest BCUT2D eigenvalue weighted by molar-refractivity contribution is -0.127. The summed E-state index contributed by atoms with van der Waals surface area (Å²) in [6.07, 6.45) is 7.11. The molecular formula is C20H23N5OS. The van der Waals surface area contributed by atoms with Crippen molar-refractivity contribution in [2.45, 2.75) is 13.0 Å². The Kier molecular flexibility index (Phi) is 5.05. The fraction of sp³-hybridized carbons (Fsp3) is 0.350. The first-order valence-corrected chi connectivity index (χ1v) is 9.97. The van der Waals surface area contributed by atoms with Gasteiger partial charge in [0.2, 0.25) is 5.91 Å². The van der Waals surface area contributed by atoms with Crippen LogP contribution >= 0.6 is 11.3 Å². The molecule has 1 amide bonds. The van der Waals surface area contributed by atoms with E-state index in [4.69, 9.17) is 4.98 Å². The first kappa shape index (κ1) is 17.9. The first-order valence-electron chi connectivity index (χ1n) is 9.15. The molecule has 1 fully saturated rings. The molecule has 3 aromatic rings. The van der Waals surface area contributed by atoms with Crippen molar-refractivity contribution < 1.29 is 4.79 Å². The van der Waals surface area contributed by atoms with E-state index in [0.717, 1.165) is 42.3 Å². The molecule has 6 nitrogen and oxygen atoms in total. The van der Waals surface area contributed by atoms with Crippen molar-refractivity contribution in [2.24, 2.45) is 7.05 Å². The maximum absolute atomic E-state index is 12.4. The molecule has 1 aliphatic heterocycles. The number of aromatic nitrogens is 3. The molecule has 3 heterocycles. The van der Waals surface area contributed by atoms with Crippen LogP contribution in [0.15, 0.2) is 42.7 Å². The van der Waals surface area contributed by atoms with Crippen LogP contribution in [0.1, 0.15) is 23.5 Å². The van der Waals surface area contributed by atoms with Crippen LogP contribution in [0.3, 0.4) is 0 Å². The minimum absolute atomic E-state index is 0.0612. The van der Waals surface area contributed by atoms with Crippen molar-refractivity contribution in [3.63, 3.8) is 0 Å². The van der Waals surface area contributed by atoms with E-state index in [1.54, 1.807) is 28.3 Å². The van der Waals surface area contributed by atoms with Gasteiger partial charge in [-0.05, 0) is 25.1 Å². The number of nitrogens with zero attached hydrogens (tertiary/aromatic N) is 5. The summed E-state index contributed by atoms with van der Waals surface area (Å²) in [6.45, 7) is 5.42. The number of thiazole rings is 1. The van der Waals surface area contributed by atoms with E-state index in [1.807, 2.05) is 30.3 Å². The number of carbonyl (C=O) groups excluding carboxylic acids is 1. The molecule has 0 bridgehead atoms. The number of para-hydroxylation sites is 1. The summed E-state index contributed by atoms with van der Waals surface area (Å²) in [4.78, 5) is 21.5. The molecule has 140 valence electrons. The number of hydrogen-bond acceptors (Lipinski definition) is 5. The SMILES string of the molecule is CC(c1nc2ccccc2s1)N1CCN(C(=O)C=Cc2cnn(C)c2)CC1. The Hall–Kier alpha value is -2.51. The van der Waals surface area contributed by atoms with Gasteiger partial charge in [-0.1, -0.05) is 12.1 Å². The van der Waals surface area contributed by atoms with Crippen LogP contribution in [0.25, 0.3) is 16.3 Å². The molecule has 7 heteroatoms. The lowest BCUT2D eigenvalue weighted by atomic mass is 10.2. The van der Waals surface area contributed by atoms with Crippen molar-refractivity contribution in [3.8, 4) is 0 Å². The van der Waals surface area contributed by atoms with Crippen LogP contribution < -0.4 is 0 Å². The Morgan fingerprint density at radius 2 is 2.00 bits per heavy atom. The molecule has 0 radical (unpaired) electrons. The van der Waals surface area contributed by atoms with Gasteiger partial charge in [0.05, 0.1) is 22.5 Å². The molecule has 1 saturated heterocycles. The second-order valence-corrected chi connectivity index (χ2v) is 7.90. The number of piperazine rings is 1. The number of amides is 1. The fourth-order valence-corrected chi connectivity index (χ4v) is 4.41. The normalized spacial score (nSPS) is 17.0. The minimum atomic E-state index is 0.0612. The third-order valence-corrected chi connectivity index (χ3v) is 6.19. The summed E-state index contributed by atoms with van der Waals surface area (Å²) in [5.74, 6) is 0.0612. The molecule has 0 N–H and O–H groups in total. The third kappa shape index (κ3) is 3.94. The van der Waals surface area contributed by atoms with Gasteiger partial charge in [-0.3, -0.25) is 14.4 Å². The summed E-state index contributed by atoms with van der Waals surface area (Å²) in [5.41, 5.74) is 2.01. The van der Waals surface area contributed by atoms with Gasteiger partial charge in [0, 0.05) is 51.1 Å². The molecule has 1 atom stereocenters.